The summed E-state index contributed by atoms with van der Waals surface area (Å²) >= 11 is 1.69. The van der Waals surface area contributed by atoms with Crippen molar-refractivity contribution < 1.29 is 13.9 Å². The molecule has 2 aromatic heterocycles. The van der Waals surface area contributed by atoms with Gasteiger partial charge in [0.1, 0.15) is 28.5 Å². The molecule has 7 heteroatoms. The first-order chi connectivity index (χ1) is 13.0. The monoisotopic (exact) mass is 385 g/mol. The number of piperidine rings is 1. The average molecular weight is 385 g/mol. The number of aryl methyl sites for hydroxylation is 2. The largest absolute Gasteiger partial charge is 0.426 e. The molecule has 27 heavy (non-hydrogen) atoms. The lowest BCUT2D eigenvalue weighted by molar-refractivity contribution is -0.139. The van der Waals surface area contributed by atoms with Gasteiger partial charge in [0.2, 0.25) is 0 Å². The minimum absolute atomic E-state index is 0.158. The number of halogens is 1. The molecule has 3 aromatic rings. The Bertz CT molecular complexity index is 979. The van der Waals surface area contributed by atoms with Gasteiger partial charge in [-0.2, -0.15) is 0 Å². The van der Waals surface area contributed by atoms with E-state index in [2.05, 4.69) is 28.7 Å². The topological polar surface area (TPSA) is 55.3 Å². The third-order valence-electron chi connectivity index (χ3n) is 5.11. The van der Waals surface area contributed by atoms with E-state index in [1.807, 2.05) is 0 Å². The van der Waals surface area contributed by atoms with Crippen LogP contribution in [0, 0.1) is 25.6 Å². The fraction of sp³-hybridized carbons (Fsp3) is 0.350. The lowest BCUT2D eigenvalue weighted by Gasteiger charge is -2.32. The van der Waals surface area contributed by atoms with E-state index in [0.717, 1.165) is 29.1 Å². The Hall–Kier alpha value is -2.54. The molecule has 0 unspecified atom stereocenters. The molecule has 4 rings (SSSR count). The van der Waals surface area contributed by atoms with Gasteiger partial charge in [-0.1, -0.05) is 0 Å². The highest BCUT2D eigenvalue weighted by molar-refractivity contribution is 7.18. The lowest BCUT2D eigenvalue weighted by atomic mass is 9.96. The van der Waals surface area contributed by atoms with E-state index in [9.17, 15) is 9.18 Å². The highest BCUT2D eigenvalue weighted by Gasteiger charge is 2.28. The Morgan fingerprint density at radius 3 is 2.59 bits per heavy atom. The summed E-state index contributed by atoms with van der Waals surface area (Å²) < 4.78 is 18.4. The van der Waals surface area contributed by atoms with E-state index in [1.165, 1.54) is 34.7 Å². The minimum Gasteiger partial charge on any atom is -0.426 e. The summed E-state index contributed by atoms with van der Waals surface area (Å²) in [5, 5.41) is 1.12. The smallest absolute Gasteiger partial charge is 0.314 e. The number of carbonyl (C=O) groups is 1. The van der Waals surface area contributed by atoms with Crippen LogP contribution in [0.5, 0.6) is 5.75 Å². The fourth-order valence-corrected chi connectivity index (χ4v) is 4.42. The zero-order chi connectivity index (χ0) is 19.0. The number of nitrogens with zero attached hydrogens (tertiary/aromatic N) is 3. The number of thiophene rings is 1. The number of carbonyl (C=O) groups excluding carboxylic acids is 1. The number of hydrogen-bond donors (Lipinski definition) is 0. The van der Waals surface area contributed by atoms with Crippen LogP contribution >= 0.6 is 11.3 Å². The minimum atomic E-state index is -0.349. The van der Waals surface area contributed by atoms with Crippen molar-refractivity contribution in [3.05, 3.63) is 46.9 Å². The number of esters is 1. The molecular formula is C20H20FN3O2S. The van der Waals surface area contributed by atoms with Gasteiger partial charge >= 0.3 is 5.97 Å². The van der Waals surface area contributed by atoms with Crippen LogP contribution in [-0.4, -0.2) is 29.0 Å². The lowest BCUT2D eigenvalue weighted by Crippen LogP contribution is -2.38. The van der Waals surface area contributed by atoms with Crippen molar-refractivity contribution in [2.45, 2.75) is 26.7 Å². The summed E-state index contributed by atoms with van der Waals surface area (Å²) in [5.74, 6) is 0.571. The summed E-state index contributed by atoms with van der Waals surface area (Å²) in [4.78, 5) is 25.8. The van der Waals surface area contributed by atoms with Crippen LogP contribution in [0.4, 0.5) is 10.2 Å². The molecule has 0 radical (unpaired) electrons. The Labute approximate surface area is 160 Å². The standard InChI is InChI=1S/C20H20FN3O2S/c1-12-13(2)27-19-17(12)18(22-11-23-19)24-9-7-14(8-10-24)20(25)26-16-5-3-15(21)4-6-16/h3-6,11,14H,7-10H2,1-2H3. The second kappa shape index (κ2) is 7.23. The van der Waals surface area contributed by atoms with Gasteiger partial charge in [-0.05, 0) is 56.5 Å². The van der Waals surface area contributed by atoms with Crippen molar-refractivity contribution in [1.29, 1.82) is 0 Å². The van der Waals surface area contributed by atoms with Crippen LogP contribution in [0.2, 0.25) is 0 Å². The number of rotatable bonds is 3. The average Bonchev–Trinajstić information content (AvgIpc) is 2.98. The second-order valence-electron chi connectivity index (χ2n) is 6.80. The van der Waals surface area contributed by atoms with E-state index in [1.54, 1.807) is 17.7 Å². The van der Waals surface area contributed by atoms with Crippen molar-refractivity contribution >= 4 is 33.3 Å². The normalized spacial score (nSPS) is 15.3. The Kier molecular flexibility index (Phi) is 4.78. The number of anilines is 1. The molecular weight excluding hydrogens is 365 g/mol. The van der Waals surface area contributed by atoms with Gasteiger partial charge in [0, 0.05) is 18.0 Å². The molecule has 0 aliphatic carbocycles. The zero-order valence-corrected chi connectivity index (χ0v) is 16.1. The molecule has 0 spiro atoms. The number of aromatic nitrogens is 2. The first-order valence-electron chi connectivity index (χ1n) is 8.96. The molecule has 0 saturated carbocycles. The molecule has 5 nitrogen and oxygen atoms in total. The van der Waals surface area contributed by atoms with Crippen LogP contribution in [0.25, 0.3) is 10.2 Å². The highest BCUT2D eigenvalue weighted by atomic mass is 32.1. The molecule has 0 N–H and O–H groups in total. The Balaban J connectivity index is 1.45. The van der Waals surface area contributed by atoms with Gasteiger partial charge in [0.05, 0.1) is 11.3 Å². The van der Waals surface area contributed by atoms with Crippen LogP contribution in [0.1, 0.15) is 23.3 Å². The van der Waals surface area contributed by atoms with E-state index in [-0.39, 0.29) is 17.7 Å². The van der Waals surface area contributed by atoms with Crippen molar-refractivity contribution in [3.63, 3.8) is 0 Å². The molecule has 1 saturated heterocycles. The summed E-state index contributed by atoms with van der Waals surface area (Å²) in [5.41, 5.74) is 1.23. The Morgan fingerprint density at radius 2 is 1.89 bits per heavy atom. The SMILES string of the molecule is Cc1sc2ncnc(N3CCC(C(=O)Oc4ccc(F)cc4)CC3)c2c1C. The van der Waals surface area contributed by atoms with Crippen LogP contribution < -0.4 is 9.64 Å². The third kappa shape index (κ3) is 3.51. The molecule has 3 heterocycles. The van der Waals surface area contributed by atoms with E-state index >= 15 is 0 Å². The van der Waals surface area contributed by atoms with Gasteiger partial charge in [-0.25, -0.2) is 14.4 Å². The van der Waals surface area contributed by atoms with Crippen molar-refractivity contribution in [1.82, 2.24) is 9.97 Å². The molecule has 1 aromatic carbocycles. The maximum Gasteiger partial charge on any atom is 0.314 e. The van der Waals surface area contributed by atoms with Gasteiger partial charge in [0.25, 0.3) is 0 Å². The molecule has 0 atom stereocenters. The number of ether oxygens (including phenoxy) is 1. The van der Waals surface area contributed by atoms with E-state index < -0.39 is 0 Å². The van der Waals surface area contributed by atoms with Gasteiger partial charge in [0.15, 0.2) is 0 Å². The molecule has 1 aliphatic heterocycles. The van der Waals surface area contributed by atoms with Gasteiger partial charge in [-0.3, -0.25) is 4.79 Å². The first-order valence-corrected chi connectivity index (χ1v) is 9.77. The Morgan fingerprint density at radius 1 is 1.19 bits per heavy atom. The number of hydrogen-bond acceptors (Lipinski definition) is 6. The molecule has 140 valence electrons. The molecule has 1 aliphatic rings. The second-order valence-corrected chi connectivity index (χ2v) is 8.00. The van der Waals surface area contributed by atoms with Gasteiger partial charge < -0.3 is 9.64 Å². The van der Waals surface area contributed by atoms with Crippen molar-refractivity contribution in [3.8, 4) is 5.75 Å². The predicted octanol–water partition coefficient (Wildman–Crippen LogP) is 4.27. The quantitative estimate of drug-likeness (QED) is 0.498. The molecule has 0 bridgehead atoms. The highest BCUT2D eigenvalue weighted by Crippen LogP contribution is 2.35. The first kappa shape index (κ1) is 17.9. The van der Waals surface area contributed by atoms with Crippen molar-refractivity contribution in [2.75, 3.05) is 18.0 Å². The van der Waals surface area contributed by atoms with Crippen molar-refractivity contribution in [2.24, 2.45) is 5.92 Å². The fourth-order valence-electron chi connectivity index (χ4n) is 3.43. The third-order valence-corrected chi connectivity index (χ3v) is 6.22. The zero-order valence-electron chi connectivity index (χ0n) is 15.2. The number of fused-ring (bicyclic) bond motifs is 1. The molecule has 1 fully saturated rings. The van der Waals surface area contributed by atoms with Crippen LogP contribution in [-0.2, 0) is 4.79 Å². The maximum atomic E-state index is 13.0. The van der Waals surface area contributed by atoms with Crippen LogP contribution in [0.3, 0.4) is 0 Å². The maximum absolute atomic E-state index is 13.0. The number of benzene rings is 1. The summed E-state index contributed by atoms with van der Waals surface area (Å²) in [6.07, 6.45) is 3.02. The van der Waals surface area contributed by atoms with Crippen LogP contribution in [0.15, 0.2) is 30.6 Å². The summed E-state index contributed by atoms with van der Waals surface area (Å²) in [6, 6.07) is 5.52. The molecule has 0 amide bonds. The van der Waals surface area contributed by atoms with E-state index in [4.69, 9.17) is 4.74 Å². The van der Waals surface area contributed by atoms with E-state index in [0.29, 0.717) is 18.6 Å². The summed E-state index contributed by atoms with van der Waals surface area (Å²) in [6.45, 7) is 5.68. The predicted molar refractivity (Wildman–Crippen MR) is 104 cm³/mol. The van der Waals surface area contributed by atoms with Gasteiger partial charge in [-0.15, -0.1) is 11.3 Å². The summed E-state index contributed by atoms with van der Waals surface area (Å²) in [7, 11) is 0.